The molecule has 3 N–H and O–H groups in total. The predicted octanol–water partition coefficient (Wildman–Crippen LogP) is 0.639. The maximum absolute atomic E-state index is 11.7. The van der Waals surface area contributed by atoms with Crippen molar-refractivity contribution in [2.24, 2.45) is 0 Å². The minimum absolute atomic E-state index is 0.0132. The Labute approximate surface area is 110 Å². The summed E-state index contributed by atoms with van der Waals surface area (Å²) in [6, 6.07) is 5.49. The van der Waals surface area contributed by atoms with E-state index >= 15 is 0 Å². The summed E-state index contributed by atoms with van der Waals surface area (Å²) in [5.41, 5.74) is 0.413. The molecule has 2 amide bonds. The molecule has 0 atom stereocenters. The lowest BCUT2D eigenvalue weighted by Crippen LogP contribution is -2.39. The van der Waals surface area contributed by atoms with Gasteiger partial charge in [0, 0.05) is 11.6 Å². The largest absolute Gasteiger partial charge is 0.478 e. The predicted molar refractivity (Wildman–Crippen MR) is 69.0 cm³/mol. The van der Waals surface area contributed by atoms with Crippen LogP contribution in [0.4, 0.5) is 0 Å². The number of rotatable bonds is 5. The highest BCUT2D eigenvalue weighted by molar-refractivity contribution is 5.97. The van der Waals surface area contributed by atoms with Crippen LogP contribution in [0.1, 0.15) is 34.6 Å². The Hall–Kier alpha value is -2.37. The van der Waals surface area contributed by atoms with Crippen LogP contribution in [-0.4, -0.2) is 35.5 Å². The Balaban J connectivity index is 2.54. The van der Waals surface area contributed by atoms with Crippen molar-refractivity contribution in [2.45, 2.75) is 19.9 Å². The monoisotopic (exact) mass is 264 g/mol. The fraction of sp³-hybridized carbons (Fsp3) is 0.308. The van der Waals surface area contributed by atoms with Gasteiger partial charge in [-0.3, -0.25) is 9.59 Å². The van der Waals surface area contributed by atoms with Crippen LogP contribution in [-0.2, 0) is 4.79 Å². The second-order valence-corrected chi connectivity index (χ2v) is 4.29. The second kappa shape index (κ2) is 6.53. The third kappa shape index (κ3) is 4.79. The molecule has 1 aromatic carbocycles. The first kappa shape index (κ1) is 14.7. The summed E-state index contributed by atoms with van der Waals surface area (Å²) in [6.45, 7) is 3.53. The van der Waals surface area contributed by atoms with Gasteiger partial charge in [-0.05, 0) is 38.1 Å². The van der Waals surface area contributed by atoms with Crippen LogP contribution >= 0.6 is 0 Å². The highest BCUT2D eigenvalue weighted by Crippen LogP contribution is 2.04. The number of carboxylic acid groups (broad SMARTS) is 1. The van der Waals surface area contributed by atoms with Gasteiger partial charge in [0.1, 0.15) is 0 Å². The standard InChI is InChI=1S/C13H16N2O4/c1-8(2)15-11(16)7-14-12(17)9-3-5-10(6-4-9)13(18)19/h3-6,8H,7H2,1-2H3,(H,14,17)(H,15,16)(H,18,19). The minimum Gasteiger partial charge on any atom is -0.478 e. The number of hydrogen-bond donors (Lipinski definition) is 3. The van der Waals surface area contributed by atoms with Gasteiger partial charge in [-0.25, -0.2) is 4.79 Å². The molecule has 0 fully saturated rings. The summed E-state index contributed by atoms with van der Waals surface area (Å²) in [5, 5.41) is 13.8. The zero-order valence-electron chi connectivity index (χ0n) is 10.8. The first-order chi connectivity index (χ1) is 8.90. The molecule has 0 bridgehead atoms. The van der Waals surface area contributed by atoms with Gasteiger partial charge in [-0.15, -0.1) is 0 Å². The van der Waals surface area contributed by atoms with E-state index < -0.39 is 11.9 Å². The number of amides is 2. The van der Waals surface area contributed by atoms with Gasteiger partial charge in [-0.1, -0.05) is 0 Å². The zero-order chi connectivity index (χ0) is 14.4. The SMILES string of the molecule is CC(C)NC(=O)CNC(=O)c1ccc(C(=O)O)cc1. The quantitative estimate of drug-likeness (QED) is 0.727. The molecule has 0 aromatic heterocycles. The number of carbonyl (C=O) groups is 3. The molecule has 1 rings (SSSR count). The van der Waals surface area contributed by atoms with Gasteiger partial charge in [0.25, 0.3) is 5.91 Å². The van der Waals surface area contributed by atoms with E-state index in [1.807, 2.05) is 13.8 Å². The molecule has 102 valence electrons. The van der Waals surface area contributed by atoms with Gasteiger partial charge in [0.05, 0.1) is 12.1 Å². The number of carboxylic acids is 1. The second-order valence-electron chi connectivity index (χ2n) is 4.29. The van der Waals surface area contributed by atoms with E-state index in [0.717, 1.165) is 0 Å². The van der Waals surface area contributed by atoms with Crippen molar-refractivity contribution < 1.29 is 19.5 Å². The molecule has 6 heteroatoms. The van der Waals surface area contributed by atoms with Crippen LogP contribution in [0.25, 0.3) is 0 Å². The lowest BCUT2D eigenvalue weighted by molar-refractivity contribution is -0.120. The zero-order valence-corrected chi connectivity index (χ0v) is 10.8. The molecule has 0 radical (unpaired) electrons. The Morgan fingerprint density at radius 1 is 1.11 bits per heavy atom. The van der Waals surface area contributed by atoms with E-state index in [2.05, 4.69) is 10.6 Å². The molecule has 0 spiro atoms. The summed E-state index contributed by atoms with van der Waals surface area (Å²) in [4.78, 5) is 33.7. The Bertz CT molecular complexity index is 480. The maximum atomic E-state index is 11.7. The van der Waals surface area contributed by atoms with Crippen LogP contribution in [0.2, 0.25) is 0 Å². The molecule has 0 aliphatic heterocycles. The molecule has 1 aromatic rings. The van der Waals surface area contributed by atoms with Crippen molar-refractivity contribution in [2.75, 3.05) is 6.54 Å². The average Bonchev–Trinajstić information content (AvgIpc) is 2.35. The number of carbonyl (C=O) groups excluding carboxylic acids is 2. The number of aromatic carboxylic acids is 1. The van der Waals surface area contributed by atoms with Crippen molar-refractivity contribution in [1.82, 2.24) is 10.6 Å². The van der Waals surface area contributed by atoms with Gasteiger partial charge < -0.3 is 15.7 Å². The van der Waals surface area contributed by atoms with Crippen molar-refractivity contribution >= 4 is 17.8 Å². The van der Waals surface area contributed by atoms with E-state index in [4.69, 9.17) is 5.11 Å². The summed E-state index contributed by atoms with van der Waals surface area (Å²) >= 11 is 0. The lowest BCUT2D eigenvalue weighted by atomic mass is 10.1. The molecule has 0 heterocycles. The smallest absolute Gasteiger partial charge is 0.335 e. The van der Waals surface area contributed by atoms with E-state index in [0.29, 0.717) is 5.56 Å². The molecular formula is C13H16N2O4. The molecular weight excluding hydrogens is 248 g/mol. The van der Waals surface area contributed by atoms with Crippen LogP contribution < -0.4 is 10.6 Å². The molecule has 0 unspecified atom stereocenters. The molecule has 6 nitrogen and oxygen atoms in total. The summed E-state index contributed by atoms with van der Waals surface area (Å²) < 4.78 is 0. The van der Waals surface area contributed by atoms with Crippen molar-refractivity contribution in [3.8, 4) is 0 Å². The third-order valence-corrected chi connectivity index (χ3v) is 2.25. The Morgan fingerprint density at radius 3 is 2.11 bits per heavy atom. The van der Waals surface area contributed by atoms with E-state index in [9.17, 15) is 14.4 Å². The van der Waals surface area contributed by atoms with Gasteiger partial charge >= 0.3 is 5.97 Å². The lowest BCUT2D eigenvalue weighted by Gasteiger charge is -2.09. The van der Waals surface area contributed by atoms with Crippen molar-refractivity contribution in [3.05, 3.63) is 35.4 Å². The number of hydrogen-bond acceptors (Lipinski definition) is 3. The van der Waals surface area contributed by atoms with Crippen LogP contribution in [0.3, 0.4) is 0 Å². The molecule has 19 heavy (non-hydrogen) atoms. The highest BCUT2D eigenvalue weighted by Gasteiger charge is 2.09. The van der Waals surface area contributed by atoms with E-state index in [1.54, 1.807) is 0 Å². The van der Waals surface area contributed by atoms with Gasteiger partial charge in [0.2, 0.25) is 5.91 Å². The Kier molecular flexibility index (Phi) is 5.05. The molecule has 0 aliphatic carbocycles. The molecule has 0 saturated carbocycles. The Morgan fingerprint density at radius 2 is 1.63 bits per heavy atom. The first-order valence-corrected chi connectivity index (χ1v) is 5.81. The number of nitrogens with one attached hydrogen (secondary N) is 2. The highest BCUT2D eigenvalue weighted by atomic mass is 16.4. The van der Waals surface area contributed by atoms with E-state index in [-0.39, 0.29) is 24.1 Å². The summed E-state index contributed by atoms with van der Waals surface area (Å²) in [5.74, 6) is -1.75. The molecule has 0 aliphatic rings. The van der Waals surface area contributed by atoms with Crippen molar-refractivity contribution in [3.63, 3.8) is 0 Å². The van der Waals surface area contributed by atoms with Gasteiger partial charge in [-0.2, -0.15) is 0 Å². The van der Waals surface area contributed by atoms with Crippen LogP contribution in [0, 0.1) is 0 Å². The van der Waals surface area contributed by atoms with Gasteiger partial charge in [0.15, 0.2) is 0 Å². The first-order valence-electron chi connectivity index (χ1n) is 5.81. The fourth-order valence-corrected chi connectivity index (χ4v) is 1.40. The fourth-order valence-electron chi connectivity index (χ4n) is 1.40. The minimum atomic E-state index is -1.05. The number of benzene rings is 1. The van der Waals surface area contributed by atoms with Crippen LogP contribution in [0.5, 0.6) is 0 Å². The summed E-state index contributed by atoms with van der Waals surface area (Å²) in [7, 11) is 0. The maximum Gasteiger partial charge on any atom is 0.335 e. The van der Waals surface area contributed by atoms with E-state index in [1.165, 1.54) is 24.3 Å². The molecule has 0 saturated heterocycles. The third-order valence-electron chi connectivity index (χ3n) is 2.25. The topological polar surface area (TPSA) is 95.5 Å². The van der Waals surface area contributed by atoms with Crippen molar-refractivity contribution in [1.29, 1.82) is 0 Å². The van der Waals surface area contributed by atoms with Crippen LogP contribution in [0.15, 0.2) is 24.3 Å². The summed E-state index contributed by atoms with van der Waals surface area (Å²) in [6.07, 6.45) is 0. The average molecular weight is 264 g/mol. The normalized spacial score (nSPS) is 10.1.